The Hall–Kier alpha value is -2.90. The highest BCUT2D eigenvalue weighted by atomic mass is 16.2. The molecule has 0 aliphatic carbocycles. The van der Waals surface area contributed by atoms with Gasteiger partial charge in [0.05, 0.1) is 0 Å². The van der Waals surface area contributed by atoms with Crippen LogP contribution in [0.2, 0.25) is 0 Å². The zero-order valence-electron chi connectivity index (χ0n) is 12.9. The molecule has 0 bridgehead atoms. The molecule has 5 amide bonds. The van der Waals surface area contributed by atoms with Gasteiger partial charge in [0.25, 0.3) is 5.91 Å². The van der Waals surface area contributed by atoms with Crippen LogP contribution >= 0.6 is 0 Å². The molecule has 8 nitrogen and oxygen atoms in total. The van der Waals surface area contributed by atoms with E-state index in [-0.39, 0.29) is 24.3 Å². The normalized spacial score (nSPS) is 23.4. The van der Waals surface area contributed by atoms with E-state index >= 15 is 0 Å². The van der Waals surface area contributed by atoms with Crippen molar-refractivity contribution in [2.75, 3.05) is 18.0 Å². The number of nitrogens with zero attached hydrogens (tertiary/aromatic N) is 2. The Kier molecular flexibility index (Phi) is 3.26. The quantitative estimate of drug-likeness (QED) is 0.745. The number of piperidine rings is 1. The number of urea groups is 1. The standard InChI is InChI=1S/C16H16N4O4/c21-13-4-3-12(14(22)18-13)20-8-9-1-2-10(7-11(9)15(20)23)19-6-5-17-16(19)24/h1-2,7,12H,3-6,8H2,(H,17,24)(H,18,21,22). The summed E-state index contributed by atoms with van der Waals surface area (Å²) in [7, 11) is 0. The van der Waals surface area contributed by atoms with Gasteiger partial charge < -0.3 is 10.2 Å². The van der Waals surface area contributed by atoms with Crippen LogP contribution in [0.25, 0.3) is 0 Å². The molecule has 2 saturated heterocycles. The molecule has 1 atom stereocenters. The van der Waals surface area contributed by atoms with E-state index in [0.29, 0.717) is 37.3 Å². The van der Waals surface area contributed by atoms with Gasteiger partial charge in [-0.3, -0.25) is 24.6 Å². The summed E-state index contributed by atoms with van der Waals surface area (Å²) in [5, 5.41) is 5.01. The molecule has 4 rings (SSSR count). The van der Waals surface area contributed by atoms with Crippen LogP contribution in [0.1, 0.15) is 28.8 Å². The highest BCUT2D eigenvalue weighted by molar-refractivity contribution is 6.06. The van der Waals surface area contributed by atoms with Crippen molar-refractivity contribution in [3.63, 3.8) is 0 Å². The summed E-state index contributed by atoms with van der Waals surface area (Å²) in [6.45, 7) is 1.47. The first-order valence-corrected chi connectivity index (χ1v) is 7.87. The first-order valence-electron chi connectivity index (χ1n) is 7.87. The number of anilines is 1. The molecule has 3 aliphatic rings. The Morgan fingerprint density at radius 1 is 1.12 bits per heavy atom. The van der Waals surface area contributed by atoms with Crippen LogP contribution in [0.15, 0.2) is 18.2 Å². The van der Waals surface area contributed by atoms with Gasteiger partial charge in [0.1, 0.15) is 6.04 Å². The summed E-state index contributed by atoms with van der Waals surface area (Å²) in [6.07, 6.45) is 0.571. The summed E-state index contributed by atoms with van der Waals surface area (Å²) < 4.78 is 0. The summed E-state index contributed by atoms with van der Waals surface area (Å²) in [5.41, 5.74) is 2.01. The van der Waals surface area contributed by atoms with E-state index in [4.69, 9.17) is 0 Å². The molecule has 0 aromatic heterocycles. The van der Waals surface area contributed by atoms with Crippen LogP contribution in [0.5, 0.6) is 0 Å². The molecule has 0 spiro atoms. The molecule has 2 N–H and O–H groups in total. The molecule has 2 fully saturated rings. The lowest BCUT2D eigenvalue weighted by Crippen LogP contribution is -2.52. The molecule has 0 radical (unpaired) electrons. The van der Waals surface area contributed by atoms with Gasteiger partial charge in [-0.05, 0) is 24.1 Å². The second-order valence-electron chi connectivity index (χ2n) is 6.12. The van der Waals surface area contributed by atoms with E-state index in [0.717, 1.165) is 5.56 Å². The van der Waals surface area contributed by atoms with Crippen molar-refractivity contribution < 1.29 is 19.2 Å². The molecule has 1 aromatic rings. The van der Waals surface area contributed by atoms with E-state index in [1.54, 1.807) is 11.0 Å². The van der Waals surface area contributed by atoms with Gasteiger partial charge in [-0.2, -0.15) is 0 Å². The minimum absolute atomic E-state index is 0.178. The van der Waals surface area contributed by atoms with Crippen LogP contribution in [-0.2, 0) is 16.1 Å². The van der Waals surface area contributed by atoms with Crippen molar-refractivity contribution in [2.45, 2.75) is 25.4 Å². The number of hydrogen-bond donors (Lipinski definition) is 2. The Morgan fingerprint density at radius 2 is 1.96 bits per heavy atom. The molecular formula is C16H16N4O4. The van der Waals surface area contributed by atoms with Crippen LogP contribution in [0.3, 0.4) is 0 Å². The molecular weight excluding hydrogens is 312 g/mol. The van der Waals surface area contributed by atoms with Gasteiger partial charge in [0.2, 0.25) is 11.8 Å². The lowest BCUT2D eigenvalue weighted by atomic mass is 10.0. The molecule has 3 aliphatic heterocycles. The fourth-order valence-electron chi connectivity index (χ4n) is 3.43. The molecule has 1 unspecified atom stereocenters. The smallest absolute Gasteiger partial charge is 0.321 e. The van der Waals surface area contributed by atoms with Gasteiger partial charge in [-0.1, -0.05) is 6.07 Å². The number of fused-ring (bicyclic) bond motifs is 1. The van der Waals surface area contributed by atoms with Gasteiger partial charge in [0, 0.05) is 37.3 Å². The van der Waals surface area contributed by atoms with Gasteiger partial charge >= 0.3 is 6.03 Å². The number of rotatable bonds is 2. The predicted octanol–water partition coefficient (Wildman–Crippen LogP) is -0.0228. The maximum atomic E-state index is 12.7. The molecule has 8 heteroatoms. The van der Waals surface area contributed by atoms with Gasteiger partial charge in [-0.25, -0.2) is 4.79 Å². The zero-order valence-corrected chi connectivity index (χ0v) is 12.9. The second kappa shape index (κ2) is 5.33. The van der Waals surface area contributed by atoms with E-state index < -0.39 is 11.9 Å². The average molecular weight is 328 g/mol. The minimum Gasteiger partial charge on any atom is -0.336 e. The summed E-state index contributed by atoms with van der Waals surface area (Å²) in [4.78, 5) is 50.9. The number of hydrogen-bond acceptors (Lipinski definition) is 4. The largest absolute Gasteiger partial charge is 0.336 e. The van der Waals surface area contributed by atoms with E-state index in [2.05, 4.69) is 10.6 Å². The number of imide groups is 1. The van der Waals surface area contributed by atoms with Crippen molar-refractivity contribution in [3.8, 4) is 0 Å². The predicted molar refractivity (Wildman–Crippen MR) is 83.2 cm³/mol. The third kappa shape index (κ3) is 2.22. The first kappa shape index (κ1) is 14.7. The third-order valence-electron chi connectivity index (χ3n) is 4.68. The topological polar surface area (TPSA) is 98.8 Å². The SMILES string of the molecule is O=C1CCC(N2Cc3ccc(N4CCNC4=O)cc3C2=O)C(=O)N1. The van der Waals surface area contributed by atoms with Crippen molar-refractivity contribution in [3.05, 3.63) is 29.3 Å². The van der Waals surface area contributed by atoms with Crippen molar-refractivity contribution in [1.29, 1.82) is 0 Å². The Balaban J connectivity index is 1.60. The Morgan fingerprint density at radius 3 is 2.67 bits per heavy atom. The average Bonchev–Trinajstić information content (AvgIpc) is 3.11. The number of carbonyl (C=O) groups excluding carboxylic acids is 4. The number of benzene rings is 1. The van der Waals surface area contributed by atoms with Crippen LogP contribution in [-0.4, -0.2) is 47.8 Å². The summed E-state index contributed by atoms with van der Waals surface area (Å²) >= 11 is 0. The first-order chi connectivity index (χ1) is 11.5. The molecule has 24 heavy (non-hydrogen) atoms. The molecule has 124 valence electrons. The fraction of sp³-hybridized carbons (Fsp3) is 0.375. The van der Waals surface area contributed by atoms with Gasteiger partial charge in [-0.15, -0.1) is 0 Å². The van der Waals surface area contributed by atoms with Crippen molar-refractivity contribution in [2.24, 2.45) is 0 Å². The van der Waals surface area contributed by atoms with Crippen LogP contribution < -0.4 is 15.5 Å². The lowest BCUT2D eigenvalue weighted by molar-refractivity contribution is -0.136. The minimum atomic E-state index is -0.624. The summed E-state index contributed by atoms with van der Waals surface area (Å²) in [6, 6.07) is 4.53. The third-order valence-corrected chi connectivity index (χ3v) is 4.68. The number of nitrogens with one attached hydrogen (secondary N) is 2. The Labute approximate surface area is 137 Å². The number of amides is 5. The van der Waals surface area contributed by atoms with Crippen molar-refractivity contribution >= 4 is 29.4 Å². The highest BCUT2D eigenvalue weighted by Crippen LogP contribution is 2.30. The van der Waals surface area contributed by atoms with Gasteiger partial charge in [0.15, 0.2) is 0 Å². The monoisotopic (exact) mass is 328 g/mol. The number of carbonyl (C=O) groups is 4. The fourth-order valence-corrected chi connectivity index (χ4v) is 3.43. The van der Waals surface area contributed by atoms with Crippen LogP contribution in [0, 0.1) is 0 Å². The summed E-state index contributed by atoms with van der Waals surface area (Å²) in [5.74, 6) is -0.963. The Bertz CT molecular complexity index is 775. The van der Waals surface area contributed by atoms with E-state index in [1.165, 1.54) is 4.90 Å². The van der Waals surface area contributed by atoms with E-state index in [9.17, 15) is 19.2 Å². The van der Waals surface area contributed by atoms with E-state index in [1.807, 2.05) is 12.1 Å². The zero-order chi connectivity index (χ0) is 16.8. The van der Waals surface area contributed by atoms with Crippen LogP contribution in [0.4, 0.5) is 10.5 Å². The molecule has 0 saturated carbocycles. The highest BCUT2D eigenvalue weighted by Gasteiger charge is 2.39. The lowest BCUT2D eigenvalue weighted by Gasteiger charge is -2.29. The molecule has 3 heterocycles. The molecule has 1 aromatic carbocycles. The van der Waals surface area contributed by atoms with Crippen molar-refractivity contribution in [1.82, 2.24) is 15.5 Å². The second-order valence-corrected chi connectivity index (χ2v) is 6.12. The maximum absolute atomic E-state index is 12.7. The maximum Gasteiger partial charge on any atom is 0.321 e.